The number of aromatic amines is 1. The van der Waals surface area contributed by atoms with Gasteiger partial charge in [0.15, 0.2) is 5.82 Å². The van der Waals surface area contributed by atoms with Gasteiger partial charge in [0.1, 0.15) is 28.4 Å². The van der Waals surface area contributed by atoms with Crippen LogP contribution in [0.5, 0.6) is 0 Å². The summed E-state index contributed by atoms with van der Waals surface area (Å²) in [6, 6.07) is 2.42. The predicted molar refractivity (Wildman–Crippen MR) is 104 cm³/mol. The lowest BCUT2D eigenvalue weighted by Crippen LogP contribution is -2.49. The van der Waals surface area contributed by atoms with Crippen molar-refractivity contribution in [1.29, 1.82) is 0 Å². The van der Waals surface area contributed by atoms with E-state index in [9.17, 15) is 23.5 Å². The molecule has 2 heterocycles. The maximum Gasteiger partial charge on any atom is 0.408 e. The number of nitrogens with one attached hydrogen (secondary N) is 1. The maximum atomic E-state index is 14.5. The average Bonchev–Trinajstić information content (AvgIpc) is 3.35. The summed E-state index contributed by atoms with van der Waals surface area (Å²) in [6.07, 6.45) is 1.74. The standard InChI is InChI=1S/C20H21F2N5O3/c1-20(2,3)27(19(29)30)16(10-4-5-10)17-24-15-12(22)7-6-11(21)14(15)18(28)26(17)13-8-9-23-25-13/h6-10,16H,4-5H2,1-3H3,(H,23,25)(H,29,30)/t16-/m0/s1. The largest absolute Gasteiger partial charge is 0.465 e. The van der Waals surface area contributed by atoms with Crippen molar-refractivity contribution in [3.63, 3.8) is 0 Å². The summed E-state index contributed by atoms with van der Waals surface area (Å²) in [5.74, 6) is -1.73. The molecule has 8 nitrogen and oxygen atoms in total. The number of fused-ring (bicyclic) bond motifs is 1. The zero-order chi connectivity index (χ0) is 21.8. The number of benzene rings is 1. The molecule has 1 aromatic carbocycles. The van der Waals surface area contributed by atoms with E-state index in [1.54, 1.807) is 20.8 Å². The molecule has 1 aliphatic carbocycles. The van der Waals surface area contributed by atoms with Crippen LogP contribution in [0, 0.1) is 17.6 Å². The number of rotatable bonds is 4. The Morgan fingerprint density at radius 1 is 1.27 bits per heavy atom. The minimum Gasteiger partial charge on any atom is -0.465 e. The van der Waals surface area contributed by atoms with Gasteiger partial charge in [-0.25, -0.2) is 23.1 Å². The van der Waals surface area contributed by atoms with E-state index in [0.29, 0.717) is 0 Å². The third kappa shape index (κ3) is 3.21. The van der Waals surface area contributed by atoms with Crippen LogP contribution in [0.1, 0.15) is 45.5 Å². The normalized spacial score (nSPS) is 15.4. The van der Waals surface area contributed by atoms with Crippen LogP contribution in [-0.4, -0.2) is 41.4 Å². The summed E-state index contributed by atoms with van der Waals surface area (Å²) in [4.78, 5) is 31.1. The Morgan fingerprint density at radius 2 is 1.93 bits per heavy atom. The van der Waals surface area contributed by atoms with Crippen molar-refractivity contribution in [2.45, 2.75) is 45.2 Å². The Labute approximate surface area is 170 Å². The van der Waals surface area contributed by atoms with Gasteiger partial charge in [0.25, 0.3) is 5.56 Å². The number of halogens is 2. The molecule has 0 spiro atoms. The Balaban J connectivity index is 2.11. The van der Waals surface area contributed by atoms with Crippen LogP contribution in [0.4, 0.5) is 13.6 Å². The minimum absolute atomic E-state index is 0.0175. The molecule has 30 heavy (non-hydrogen) atoms. The topological polar surface area (TPSA) is 104 Å². The molecule has 3 aromatic rings. The van der Waals surface area contributed by atoms with Crippen molar-refractivity contribution < 1.29 is 18.7 Å². The lowest BCUT2D eigenvalue weighted by atomic mass is 9.99. The fraction of sp³-hybridized carbons (Fsp3) is 0.400. The summed E-state index contributed by atoms with van der Waals surface area (Å²) in [6.45, 7) is 5.19. The average molecular weight is 417 g/mol. The SMILES string of the molecule is CC(C)(C)N(C(=O)O)[C@H](c1nc2c(F)ccc(F)c2c(=O)n1-c1cc[nH]n1)C1CC1. The van der Waals surface area contributed by atoms with Gasteiger partial charge in [-0.3, -0.25) is 14.8 Å². The van der Waals surface area contributed by atoms with Gasteiger partial charge in [-0.1, -0.05) is 0 Å². The van der Waals surface area contributed by atoms with Crippen molar-refractivity contribution in [3.05, 3.63) is 52.2 Å². The van der Waals surface area contributed by atoms with E-state index in [1.807, 2.05) is 0 Å². The molecule has 2 aromatic heterocycles. The molecule has 2 N–H and O–H groups in total. The Kier molecular flexibility index (Phi) is 4.59. The third-order valence-electron chi connectivity index (χ3n) is 5.21. The van der Waals surface area contributed by atoms with Crippen LogP contribution < -0.4 is 5.56 Å². The lowest BCUT2D eigenvalue weighted by Gasteiger charge is -2.40. The molecule has 0 radical (unpaired) electrons. The number of hydrogen-bond donors (Lipinski definition) is 2. The summed E-state index contributed by atoms with van der Waals surface area (Å²) in [5.41, 5.74) is -2.10. The molecule has 10 heteroatoms. The first-order chi connectivity index (χ1) is 14.1. The molecule has 1 atom stereocenters. The van der Waals surface area contributed by atoms with Gasteiger partial charge >= 0.3 is 6.09 Å². The second kappa shape index (κ2) is 6.89. The molecule has 1 saturated carbocycles. The number of H-pyrrole nitrogens is 1. The van der Waals surface area contributed by atoms with E-state index < -0.39 is 45.8 Å². The quantitative estimate of drug-likeness (QED) is 0.675. The molecule has 1 amide bonds. The molecule has 0 bridgehead atoms. The van der Waals surface area contributed by atoms with Gasteiger partial charge in [0.05, 0.1) is 6.04 Å². The second-order valence-electron chi connectivity index (χ2n) is 8.40. The van der Waals surface area contributed by atoms with Crippen molar-refractivity contribution in [2.24, 2.45) is 5.92 Å². The molecule has 0 saturated heterocycles. The Hall–Kier alpha value is -3.30. The van der Waals surface area contributed by atoms with Crippen molar-refractivity contribution in [2.75, 3.05) is 0 Å². The maximum absolute atomic E-state index is 14.5. The molecule has 1 aliphatic rings. The Bertz CT molecular complexity index is 1180. The van der Waals surface area contributed by atoms with Gasteiger partial charge < -0.3 is 5.11 Å². The number of hydrogen-bond acceptors (Lipinski definition) is 4. The first kappa shape index (κ1) is 20.0. The molecule has 0 aliphatic heterocycles. The second-order valence-corrected chi connectivity index (χ2v) is 8.40. The highest BCUT2D eigenvalue weighted by molar-refractivity contribution is 5.79. The molecular weight excluding hydrogens is 396 g/mol. The number of carbonyl (C=O) groups is 1. The van der Waals surface area contributed by atoms with Crippen LogP contribution in [0.3, 0.4) is 0 Å². The molecule has 4 rings (SSSR count). The highest BCUT2D eigenvalue weighted by Gasteiger charge is 2.46. The van der Waals surface area contributed by atoms with Crippen molar-refractivity contribution >= 4 is 17.0 Å². The van der Waals surface area contributed by atoms with Crippen LogP contribution in [0.15, 0.2) is 29.2 Å². The van der Waals surface area contributed by atoms with E-state index >= 15 is 0 Å². The first-order valence-corrected chi connectivity index (χ1v) is 9.54. The highest BCUT2D eigenvalue weighted by atomic mass is 19.1. The first-order valence-electron chi connectivity index (χ1n) is 9.54. The smallest absolute Gasteiger partial charge is 0.408 e. The van der Waals surface area contributed by atoms with E-state index in [-0.39, 0.29) is 17.6 Å². The molecular formula is C20H21F2N5O3. The fourth-order valence-corrected chi connectivity index (χ4v) is 3.80. The molecule has 0 unspecified atom stereocenters. The molecule has 1 fully saturated rings. The third-order valence-corrected chi connectivity index (χ3v) is 5.21. The van der Waals surface area contributed by atoms with Gasteiger partial charge in [0.2, 0.25) is 0 Å². The summed E-state index contributed by atoms with van der Waals surface area (Å²) in [7, 11) is 0. The van der Waals surface area contributed by atoms with Crippen LogP contribution in [-0.2, 0) is 0 Å². The van der Waals surface area contributed by atoms with Gasteiger partial charge in [-0.15, -0.1) is 0 Å². The number of amides is 1. The van der Waals surface area contributed by atoms with Crippen LogP contribution in [0.2, 0.25) is 0 Å². The zero-order valence-electron chi connectivity index (χ0n) is 16.7. The predicted octanol–water partition coefficient (Wildman–Crippen LogP) is 3.62. The number of carboxylic acid groups (broad SMARTS) is 1. The van der Waals surface area contributed by atoms with Crippen molar-refractivity contribution in [3.8, 4) is 5.82 Å². The summed E-state index contributed by atoms with van der Waals surface area (Å²) >= 11 is 0. The zero-order valence-corrected chi connectivity index (χ0v) is 16.7. The minimum atomic E-state index is -1.19. The van der Waals surface area contributed by atoms with E-state index in [0.717, 1.165) is 29.5 Å². The van der Waals surface area contributed by atoms with Crippen LogP contribution >= 0.6 is 0 Å². The van der Waals surface area contributed by atoms with Gasteiger partial charge in [0, 0.05) is 17.8 Å². The summed E-state index contributed by atoms with van der Waals surface area (Å²) < 4.78 is 30.1. The monoisotopic (exact) mass is 417 g/mol. The number of nitrogens with zero attached hydrogens (tertiary/aromatic N) is 4. The Morgan fingerprint density at radius 3 is 2.47 bits per heavy atom. The number of aromatic nitrogens is 4. The highest BCUT2D eigenvalue weighted by Crippen LogP contribution is 2.46. The summed E-state index contributed by atoms with van der Waals surface area (Å²) in [5, 5.41) is 16.1. The fourth-order valence-electron chi connectivity index (χ4n) is 3.80. The van der Waals surface area contributed by atoms with Gasteiger partial charge in [-0.2, -0.15) is 5.10 Å². The van der Waals surface area contributed by atoms with E-state index in [4.69, 9.17) is 0 Å². The van der Waals surface area contributed by atoms with E-state index in [2.05, 4.69) is 15.2 Å². The lowest BCUT2D eigenvalue weighted by molar-refractivity contribution is 0.0581. The van der Waals surface area contributed by atoms with Crippen molar-refractivity contribution in [1.82, 2.24) is 24.6 Å². The molecule has 158 valence electrons. The van der Waals surface area contributed by atoms with Gasteiger partial charge in [-0.05, 0) is 51.7 Å². The van der Waals surface area contributed by atoms with Crippen LogP contribution in [0.25, 0.3) is 16.7 Å². The van der Waals surface area contributed by atoms with E-state index in [1.165, 1.54) is 17.2 Å².